The highest BCUT2D eigenvalue weighted by atomic mass is 32.2. The van der Waals surface area contributed by atoms with E-state index in [9.17, 15) is 13.2 Å². The quantitative estimate of drug-likeness (QED) is 0.669. The smallest absolute Gasteiger partial charge is 0.158 e. The van der Waals surface area contributed by atoms with Crippen molar-refractivity contribution in [3.63, 3.8) is 0 Å². The van der Waals surface area contributed by atoms with Crippen molar-refractivity contribution in [1.82, 2.24) is 0 Å². The van der Waals surface area contributed by atoms with Crippen molar-refractivity contribution < 1.29 is 13.2 Å². The van der Waals surface area contributed by atoms with E-state index in [1.807, 2.05) is 0 Å². The number of hydrogen-bond donors (Lipinski definition) is 0. The molecule has 0 aliphatic heterocycles. The minimum atomic E-state index is -2.99. The Balaban J connectivity index is 2.70. The molecule has 1 rings (SSSR count). The van der Waals surface area contributed by atoms with Gasteiger partial charge in [0.25, 0.3) is 0 Å². The van der Waals surface area contributed by atoms with Gasteiger partial charge >= 0.3 is 0 Å². The second kappa shape index (κ2) is 4.26. The molecule has 0 aromatic heterocycles. The fourth-order valence-corrected chi connectivity index (χ4v) is 3.14. The van der Waals surface area contributed by atoms with E-state index in [1.165, 1.54) is 12.3 Å². The monoisotopic (exact) mass is 216 g/mol. The highest BCUT2D eigenvalue weighted by Gasteiger charge is 2.31. The first kappa shape index (κ1) is 11.4. The second-order valence-electron chi connectivity index (χ2n) is 3.92. The van der Waals surface area contributed by atoms with Gasteiger partial charge in [-0.3, -0.25) is 4.79 Å². The Hall–Kier alpha value is -0.640. The first-order valence-electron chi connectivity index (χ1n) is 4.80. The molecule has 2 unspecified atom stereocenters. The van der Waals surface area contributed by atoms with Crippen molar-refractivity contribution in [1.29, 1.82) is 0 Å². The summed E-state index contributed by atoms with van der Waals surface area (Å²) in [5, 5.41) is -0.329. The van der Waals surface area contributed by atoms with Gasteiger partial charge in [-0.2, -0.15) is 0 Å². The van der Waals surface area contributed by atoms with Gasteiger partial charge < -0.3 is 0 Å². The van der Waals surface area contributed by atoms with Crippen molar-refractivity contribution in [3.05, 3.63) is 12.7 Å². The zero-order valence-corrected chi connectivity index (χ0v) is 9.22. The lowest BCUT2D eigenvalue weighted by molar-refractivity contribution is -0.118. The van der Waals surface area contributed by atoms with E-state index in [0.717, 1.165) is 12.8 Å². The SMILES string of the molecule is C=CC(=O)C1CCCC(S(C)(=O)=O)C1. The van der Waals surface area contributed by atoms with Gasteiger partial charge in [-0.15, -0.1) is 0 Å². The average Bonchev–Trinajstić information content (AvgIpc) is 2.15. The molecule has 4 heteroatoms. The maximum Gasteiger partial charge on any atom is 0.158 e. The lowest BCUT2D eigenvalue weighted by Crippen LogP contribution is -2.30. The second-order valence-corrected chi connectivity index (χ2v) is 6.25. The largest absolute Gasteiger partial charge is 0.295 e. The Morgan fingerprint density at radius 1 is 1.43 bits per heavy atom. The Bertz CT molecular complexity index is 329. The molecule has 0 aromatic carbocycles. The Labute approximate surface area is 85.1 Å². The van der Waals surface area contributed by atoms with E-state index < -0.39 is 9.84 Å². The predicted molar refractivity (Wildman–Crippen MR) is 55.8 cm³/mol. The van der Waals surface area contributed by atoms with E-state index in [1.54, 1.807) is 0 Å². The van der Waals surface area contributed by atoms with Crippen LogP contribution in [0, 0.1) is 5.92 Å². The van der Waals surface area contributed by atoms with Gasteiger partial charge in [-0.1, -0.05) is 13.0 Å². The summed E-state index contributed by atoms with van der Waals surface area (Å²) in [4.78, 5) is 11.3. The molecule has 1 aliphatic rings. The van der Waals surface area contributed by atoms with E-state index in [-0.39, 0.29) is 17.0 Å². The van der Waals surface area contributed by atoms with Crippen LogP contribution in [-0.2, 0) is 14.6 Å². The van der Waals surface area contributed by atoms with Gasteiger partial charge in [0.15, 0.2) is 5.78 Å². The molecule has 0 spiro atoms. The Kier molecular flexibility index (Phi) is 3.48. The summed E-state index contributed by atoms with van der Waals surface area (Å²) < 4.78 is 22.6. The van der Waals surface area contributed by atoms with Gasteiger partial charge in [0, 0.05) is 12.2 Å². The lowest BCUT2D eigenvalue weighted by Gasteiger charge is -2.26. The van der Waals surface area contributed by atoms with Gasteiger partial charge in [0.2, 0.25) is 0 Å². The number of ketones is 1. The van der Waals surface area contributed by atoms with Crippen molar-refractivity contribution in [2.75, 3.05) is 6.26 Å². The molecule has 14 heavy (non-hydrogen) atoms. The summed E-state index contributed by atoms with van der Waals surface area (Å²) in [6, 6.07) is 0. The van der Waals surface area contributed by atoms with Gasteiger partial charge in [-0.25, -0.2) is 8.42 Å². The Morgan fingerprint density at radius 3 is 2.57 bits per heavy atom. The number of carbonyl (C=O) groups excluding carboxylic acids is 1. The van der Waals surface area contributed by atoms with Crippen molar-refractivity contribution in [2.24, 2.45) is 5.92 Å². The highest BCUT2D eigenvalue weighted by Crippen LogP contribution is 2.29. The first-order valence-corrected chi connectivity index (χ1v) is 6.75. The number of allylic oxidation sites excluding steroid dienone is 1. The van der Waals surface area contributed by atoms with Crippen molar-refractivity contribution in [3.8, 4) is 0 Å². The third kappa shape index (κ3) is 2.67. The van der Waals surface area contributed by atoms with Gasteiger partial charge in [-0.05, 0) is 25.3 Å². The molecule has 1 saturated carbocycles. The molecule has 2 atom stereocenters. The Morgan fingerprint density at radius 2 is 2.07 bits per heavy atom. The van der Waals surface area contributed by atoms with Crippen LogP contribution in [-0.4, -0.2) is 25.7 Å². The van der Waals surface area contributed by atoms with Crippen LogP contribution < -0.4 is 0 Å². The third-order valence-electron chi connectivity index (χ3n) is 2.84. The van der Waals surface area contributed by atoms with E-state index in [2.05, 4.69) is 6.58 Å². The maximum absolute atomic E-state index is 11.3. The fourth-order valence-electron chi connectivity index (χ4n) is 1.96. The minimum Gasteiger partial charge on any atom is -0.295 e. The summed E-state index contributed by atoms with van der Waals surface area (Å²) in [5.41, 5.74) is 0. The molecule has 0 aromatic rings. The lowest BCUT2D eigenvalue weighted by atomic mass is 9.86. The molecule has 80 valence electrons. The topological polar surface area (TPSA) is 51.2 Å². The first-order chi connectivity index (χ1) is 6.45. The minimum absolute atomic E-state index is 0.0154. The van der Waals surface area contributed by atoms with Crippen LogP contribution in [0.1, 0.15) is 25.7 Å². The number of sulfone groups is 1. The maximum atomic E-state index is 11.3. The summed E-state index contributed by atoms with van der Waals surface area (Å²) in [5.74, 6) is -0.140. The molecule has 1 fully saturated rings. The zero-order chi connectivity index (χ0) is 10.8. The summed E-state index contributed by atoms with van der Waals surface area (Å²) in [7, 11) is -2.99. The number of carbonyl (C=O) groups is 1. The summed E-state index contributed by atoms with van der Waals surface area (Å²) in [6.45, 7) is 3.42. The van der Waals surface area contributed by atoms with E-state index in [0.29, 0.717) is 12.8 Å². The van der Waals surface area contributed by atoms with Crippen molar-refractivity contribution >= 4 is 15.6 Å². The third-order valence-corrected chi connectivity index (χ3v) is 4.47. The normalized spacial score (nSPS) is 28.4. The van der Waals surface area contributed by atoms with Crippen LogP contribution in [0.25, 0.3) is 0 Å². The van der Waals surface area contributed by atoms with Gasteiger partial charge in [0.1, 0.15) is 9.84 Å². The predicted octanol–water partition coefficient (Wildman–Crippen LogP) is 1.34. The van der Waals surface area contributed by atoms with E-state index >= 15 is 0 Å². The van der Waals surface area contributed by atoms with Crippen LogP contribution in [0.2, 0.25) is 0 Å². The molecule has 0 N–H and O–H groups in total. The zero-order valence-electron chi connectivity index (χ0n) is 8.40. The molecule has 0 heterocycles. The average molecular weight is 216 g/mol. The molecule has 1 aliphatic carbocycles. The molecular weight excluding hydrogens is 200 g/mol. The number of hydrogen-bond acceptors (Lipinski definition) is 3. The molecule has 0 amide bonds. The van der Waals surface area contributed by atoms with Crippen LogP contribution >= 0.6 is 0 Å². The molecule has 0 bridgehead atoms. The number of rotatable bonds is 3. The van der Waals surface area contributed by atoms with Gasteiger partial charge in [0.05, 0.1) is 5.25 Å². The van der Waals surface area contributed by atoms with Crippen LogP contribution in [0.3, 0.4) is 0 Å². The summed E-state index contributed by atoms with van der Waals surface area (Å²) >= 11 is 0. The van der Waals surface area contributed by atoms with Crippen molar-refractivity contribution in [2.45, 2.75) is 30.9 Å². The van der Waals surface area contributed by atoms with Crippen LogP contribution in [0.4, 0.5) is 0 Å². The molecule has 3 nitrogen and oxygen atoms in total. The highest BCUT2D eigenvalue weighted by molar-refractivity contribution is 7.91. The van der Waals surface area contributed by atoms with Crippen LogP contribution in [0.15, 0.2) is 12.7 Å². The molecular formula is C10H16O3S. The molecule has 0 saturated heterocycles. The molecule has 0 radical (unpaired) electrons. The fraction of sp³-hybridized carbons (Fsp3) is 0.700. The summed E-state index contributed by atoms with van der Waals surface area (Å²) in [6.07, 6.45) is 5.34. The standard InChI is InChI=1S/C10H16O3S/c1-3-10(11)8-5-4-6-9(7-8)14(2,12)13/h3,8-9H,1,4-7H2,2H3. The van der Waals surface area contributed by atoms with Crippen LogP contribution in [0.5, 0.6) is 0 Å². The van der Waals surface area contributed by atoms with E-state index in [4.69, 9.17) is 0 Å².